The van der Waals surface area contributed by atoms with Gasteiger partial charge in [-0.25, -0.2) is 4.98 Å². The van der Waals surface area contributed by atoms with Crippen LogP contribution in [0.15, 0.2) is 12.3 Å². The van der Waals surface area contributed by atoms with Gasteiger partial charge < -0.3 is 10.2 Å². The van der Waals surface area contributed by atoms with Crippen LogP contribution < -0.4 is 5.32 Å². The maximum Gasteiger partial charge on any atom is 0.157 e. The van der Waals surface area contributed by atoms with Gasteiger partial charge in [0.15, 0.2) is 5.65 Å². The molecule has 0 aliphatic rings. The lowest BCUT2D eigenvalue weighted by atomic mass is 10.0. The molecule has 20 heavy (non-hydrogen) atoms. The van der Waals surface area contributed by atoms with E-state index in [1.165, 1.54) is 5.56 Å². The average molecular weight is 275 g/mol. The fourth-order valence-electron chi connectivity index (χ4n) is 2.12. The fourth-order valence-corrected chi connectivity index (χ4v) is 2.12. The Kier molecular flexibility index (Phi) is 4.11. The van der Waals surface area contributed by atoms with E-state index in [1.54, 1.807) is 0 Å². The van der Waals surface area contributed by atoms with Crippen molar-refractivity contribution >= 4 is 11.0 Å². The zero-order chi connectivity index (χ0) is 14.9. The minimum Gasteiger partial charge on any atom is -0.311 e. The van der Waals surface area contributed by atoms with Crippen molar-refractivity contribution in [2.45, 2.75) is 32.9 Å². The van der Waals surface area contributed by atoms with Crippen molar-refractivity contribution in [2.24, 2.45) is 7.05 Å². The van der Waals surface area contributed by atoms with Gasteiger partial charge in [-0.3, -0.25) is 4.68 Å². The molecule has 0 aliphatic carbocycles. The SMILES string of the molecule is Cc1nn(C)c2ncc(CNCC(C)(C)N(C)C)cc12. The number of aromatic nitrogens is 3. The van der Waals surface area contributed by atoms with E-state index in [2.05, 4.69) is 54.3 Å². The molecule has 2 heterocycles. The summed E-state index contributed by atoms with van der Waals surface area (Å²) in [6, 6.07) is 2.18. The van der Waals surface area contributed by atoms with Crippen LogP contribution in [0.5, 0.6) is 0 Å². The fraction of sp³-hybridized carbons (Fsp3) is 0.600. The molecule has 1 N–H and O–H groups in total. The van der Waals surface area contributed by atoms with Crippen molar-refractivity contribution in [1.29, 1.82) is 0 Å². The first-order chi connectivity index (χ1) is 9.31. The minimum absolute atomic E-state index is 0.141. The van der Waals surface area contributed by atoms with Crippen LogP contribution in [0.25, 0.3) is 11.0 Å². The van der Waals surface area contributed by atoms with E-state index < -0.39 is 0 Å². The number of pyridine rings is 1. The maximum atomic E-state index is 4.50. The number of rotatable bonds is 5. The van der Waals surface area contributed by atoms with Crippen LogP contribution in [0.4, 0.5) is 0 Å². The second-order valence-corrected chi connectivity index (χ2v) is 6.23. The Morgan fingerprint density at radius 3 is 2.70 bits per heavy atom. The van der Waals surface area contributed by atoms with Crippen LogP contribution in [0, 0.1) is 6.92 Å². The van der Waals surface area contributed by atoms with Crippen LogP contribution in [0.3, 0.4) is 0 Å². The topological polar surface area (TPSA) is 46.0 Å². The Bertz CT molecular complexity index is 598. The molecule has 2 rings (SSSR count). The molecule has 0 aromatic carbocycles. The Balaban J connectivity index is 2.06. The molecule has 0 unspecified atom stereocenters. The third kappa shape index (κ3) is 2.99. The number of likely N-dealkylation sites (N-methyl/N-ethyl adjacent to an activating group) is 1. The van der Waals surface area contributed by atoms with E-state index in [1.807, 2.05) is 24.9 Å². The van der Waals surface area contributed by atoms with Crippen molar-refractivity contribution < 1.29 is 0 Å². The second-order valence-electron chi connectivity index (χ2n) is 6.23. The van der Waals surface area contributed by atoms with Crippen LogP contribution in [-0.2, 0) is 13.6 Å². The van der Waals surface area contributed by atoms with E-state index in [0.29, 0.717) is 0 Å². The highest BCUT2D eigenvalue weighted by atomic mass is 15.3. The van der Waals surface area contributed by atoms with E-state index in [9.17, 15) is 0 Å². The molecular formula is C15H25N5. The molecule has 0 aliphatic heterocycles. The van der Waals surface area contributed by atoms with Crippen molar-refractivity contribution in [1.82, 2.24) is 25.0 Å². The molecule has 0 radical (unpaired) electrons. The summed E-state index contributed by atoms with van der Waals surface area (Å²) < 4.78 is 1.83. The minimum atomic E-state index is 0.141. The summed E-state index contributed by atoms with van der Waals surface area (Å²) >= 11 is 0. The summed E-state index contributed by atoms with van der Waals surface area (Å²) in [5, 5.41) is 9.04. The first-order valence-electron chi connectivity index (χ1n) is 6.97. The number of nitrogens with zero attached hydrogens (tertiary/aromatic N) is 4. The van der Waals surface area contributed by atoms with Gasteiger partial charge in [-0.2, -0.15) is 5.10 Å². The zero-order valence-electron chi connectivity index (χ0n) is 13.4. The van der Waals surface area contributed by atoms with Gasteiger partial charge in [0.2, 0.25) is 0 Å². The smallest absolute Gasteiger partial charge is 0.157 e. The van der Waals surface area contributed by atoms with Crippen molar-refractivity contribution in [3.63, 3.8) is 0 Å². The predicted octanol–water partition coefficient (Wildman–Crippen LogP) is 1.71. The second kappa shape index (κ2) is 5.50. The van der Waals surface area contributed by atoms with E-state index in [0.717, 1.165) is 29.8 Å². The van der Waals surface area contributed by atoms with Crippen molar-refractivity contribution in [3.05, 3.63) is 23.5 Å². The summed E-state index contributed by atoms with van der Waals surface area (Å²) in [5.74, 6) is 0. The number of fused-ring (bicyclic) bond motifs is 1. The molecule has 2 aromatic rings. The highest BCUT2D eigenvalue weighted by molar-refractivity contribution is 5.78. The van der Waals surface area contributed by atoms with Gasteiger partial charge in [-0.1, -0.05) is 0 Å². The number of aryl methyl sites for hydroxylation is 2. The Morgan fingerprint density at radius 1 is 1.35 bits per heavy atom. The normalized spacial score (nSPS) is 12.6. The van der Waals surface area contributed by atoms with Crippen LogP contribution in [0.2, 0.25) is 0 Å². The monoisotopic (exact) mass is 275 g/mol. The van der Waals surface area contributed by atoms with Gasteiger partial charge >= 0.3 is 0 Å². The van der Waals surface area contributed by atoms with Gasteiger partial charge in [0.25, 0.3) is 0 Å². The van der Waals surface area contributed by atoms with Gasteiger partial charge in [-0.15, -0.1) is 0 Å². The first-order valence-corrected chi connectivity index (χ1v) is 6.97. The molecule has 0 amide bonds. The third-order valence-corrected chi connectivity index (χ3v) is 4.02. The Labute approximate surface area is 121 Å². The van der Waals surface area contributed by atoms with Crippen molar-refractivity contribution in [3.8, 4) is 0 Å². The number of nitrogens with one attached hydrogen (secondary N) is 1. The zero-order valence-corrected chi connectivity index (χ0v) is 13.4. The molecular weight excluding hydrogens is 250 g/mol. The largest absolute Gasteiger partial charge is 0.311 e. The molecule has 2 aromatic heterocycles. The van der Waals surface area contributed by atoms with Crippen LogP contribution >= 0.6 is 0 Å². The summed E-state index contributed by atoms with van der Waals surface area (Å²) in [7, 11) is 6.14. The van der Waals surface area contributed by atoms with Gasteiger partial charge in [-0.05, 0) is 46.5 Å². The molecule has 0 saturated heterocycles. The molecule has 110 valence electrons. The first kappa shape index (κ1) is 14.9. The summed E-state index contributed by atoms with van der Waals surface area (Å²) in [5.41, 5.74) is 3.32. The quantitative estimate of drug-likeness (QED) is 0.902. The van der Waals surface area contributed by atoms with E-state index in [4.69, 9.17) is 0 Å². The predicted molar refractivity (Wildman–Crippen MR) is 82.7 cm³/mol. The maximum absolute atomic E-state index is 4.50. The highest BCUT2D eigenvalue weighted by Gasteiger charge is 2.19. The molecule has 0 bridgehead atoms. The molecule has 0 spiro atoms. The Morgan fingerprint density at radius 2 is 2.05 bits per heavy atom. The number of hydrogen-bond donors (Lipinski definition) is 1. The lowest BCUT2D eigenvalue weighted by Crippen LogP contribution is -2.46. The molecule has 0 saturated carbocycles. The number of hydrogen-bond acceptors (Lipinski definition) is 4. The third-order valence-electron chi connectivity index (χ3n) is 4.02. The highest BCUT2D eigenvalue weighted by Crippen LogP contribution is 2.16. The Hall–Kier alpha value is -1.46. The summed E-state index contributed by atoms with van der Waals surface area (Å²) in [4.78, 5) is 6.73. The average Bonchev–Trinajstić information content (AvgIpc) is 2.64. The lowest BCUT2D eigenvalue weighted by molar-refractivity contribution is 0.190. The van der Waals surface area contributed by atoms with Gasteiger partial charge in [0, 0.05) is 37.3 Å². The van der Waals surface area contributed by atoms with Crippen LogP contribution in [-0.4, -0.2) is 45.8 Å². The van der Waals surface area contributed by atoms with E-state index >= 15 is 0 Å². The lowest BCUT2D eigenvalue weighted by Gasteiger charge is -2.32. The summed E-state index contributed by atoms with van der Waals surface area (Å²) in [6.07, 6.45) is 1.93. The van der Waals surface area contributed by atoms with Gasteiger partial charge in [0.1, 0.15) is 0 Å². The van der Waals surface area contributed by atoms with E-state index in [-0.39, 0.29) is 5.54 Å². The van der Waals surface area contributed by atoms with Crippen molar-refractivity contribution in [2.75, 3.05) is 20.6 Å². The molecule has 0 fully saturated rings. The van der Waals surface area contributed by atoms with Crippen LogP contribution in [0.1, 0.15) is 25.1 Å². The molecule has 0 atom stereocenters. The molecule has 5 heteroatoms. The summed E-state index contributed by atoms with van der Waals surface area (Å²) in [6.45, 7) is 8.24. The van der Waals surface area contributed by atoms with Gasteiger partial charge in [0.05, 0.1) is 5.69 Å². The molecule has 5 nitrogen and oxygen atoms in total. The standard InChI is InChI=1S/C15H25N5/c1-11-13-7-12(9-17-14(13)20(6)18-11)8-16-10-15(2,3)19(4)5/h7,9,16H,8,10H2,1-6H3.